The molecule has 0 atom stereocenters. The molecule has 0 spiro atoms. The van der Waals surface area contributed by atoms with Gasteiger partial charge in [0.05, 0.1) is 29.5 Å². The van der Waals surface area contributed by atoms with E-state index in [1.165, 1.54) is 16.3 Å². The maximum Gasteiger partial charge on any atom is 0.266 e. The van der Waals surface area contributed by atoms with Crippen molar-refractivity contribution in [2.24, 2.45) is 0 Å². The van der Waals surface area contributed by atoms with Gasteiger partial charge in [-0.3, -0.25) is 9.36 Å². The van der Waals surface area contributed by atoms with Crippen molar-refractivity contribution in [3.05, 3.63) is 63.7 Å². The van der Waals surface area contributed by atoms with Crippen LogP contribution in [-0.2, 0) is 5.75 Å². The summed E-state index contributed by atoms with van der Waals surface area (Å²) in [6, 6.07) is 12.3. The van der Waals surface area contributed by atoms with Crippen molar-refractivity contribution in [1.82, 2.24) is 24.5 Å². The Bertz CT molecular complexity index is 1360. The molecule has 11 heteroatoms. The maximum absolute atomic E-state index is 13.5. The highest BCUT2D eigenvalue weighted by Crippen LogP contribution is 2.29. The molecule has 2 aromatic heterocycles. The molecule has 0 radical (unpaired) electrons. The quantitative estimate of drug-likeness (QED) is 0.336. The van der Waals surface area contributed by atoms with Gasteiger partial charge in [-0.05, 0) is 30.3 Å². The molecule has 0 unspecified atom stereocenters. The second-order valence-electron chi connectivity index (χ2n) is 6.96. The van der Waals surface area contributed by atoms with E-state index in [0.29, 0.717) is 50.0 Å². The van der Waals surface area contributed by atoms with Crippen LogP contribution in [0.5, 0.6) is 5.75 Å². The summed E-state index contributed by atoms with van der Waals surface area (Å²) in [5, 5.41) is 1.39. The number of benzene rings is 2. The number of para-hydroxylation sites is 2. The minimum atomic E-state index is -0.234. The van der Waals surface area contributed by atoms with Crippen LogP contribution in [0.4, 0.5) is 11.9 Å². The first-order valence-corrected chi connectivity index (χ1v) is 10.9. The van der Waals surface area contributed by atoms with Crippen LogP contribution in [0.25, 0.3) is 16.6 Å². The Morgan fingerprint density at radius 3 is 2.66 bits per heavy atom. The van der Waals surface area contributed by atoms with Crippen molar-refractivity contribution in [3.8, 4) is 11.4 Å². The number of thioether (sulfide) groups is 1. The summed E-state index contributed by atoms with van der Waals surface area (Å²) < 4.78 is 7.01. The molecule has 0 aliphatic carbocycles. The molecule has 0 saturated carbocycles. The van der Waals surface area contributed by atoms with Gasteiger partial charge in [0.2, 0.25) is 11.9 Å². The smallest absolute Gasteiger partial charge is 0.266 e. The van der Waals surface area contributed by atoms with Crippen molar-refractivity contribution >= 4 is 46.2 Å². The molecule has 4 rings (SSSR count). The van der Waals surface area contributed by atoms with Gasteiger partial charge in [-0.1, -0.05) is 35.5 Å². The summed E-state index contributed by atoms with van der Waals surface area (Å²) in [5.41, 5.74) is 6.69. The van der Waals surface area contributed by atoms with Gasteiger partial charge in [-0.2, -0.15) is 15.0 Å². The van der Waals surface area contributed by atoms with Crippen molar-refractivity contribution in [3.63, 3.8) is 0 Å². The van der Waals surface area contributed by atoms with Gasteiger partial charge in [0, 0.05) is 19.1 Å². The Morgan fingerprint density at radius 1 is 1.12 bits per heavy atom. The van der Waals surface area contributed by atoms with E-state index < -0.39 is 0 Å². The number of fused-ring (bicyclic) bond motifs is 1. The Morgan fingerprint density at radius 2 is 1.91 bits per heavy atom. The Labute approximate surface area is 193 Å². The van der Waals surface area contributed by atoms with E-state index in [2.05, 4.69) is 15.0 Å². The van der Waals surface area contributed by atoms with Crippen molar-refractivity contribution < 1.29 is 4.74 Å². The number of hydrogen-bond acceptors (Lipinski definition) is 9. The topological polar surface area (TPSA) is 112 Å². The normalized spacial score (nSPS) is 11.0. The fourth-order valence-electron chi connectivity index (χ4n) is 3.08. The first-order valence-electron chi connectivity index (χ1n) is 9.53. The zero-order valence-corrected chi connectivity index (χ0v) is 19.2. The maximum atomic E-state index is 13.5. The SMILES string of the molecule is COc1ccccc1-n1c(SCc2nc(N)nc(N(C)C)n2)nc2cc(Cl)ccc2c1=O. The lowest BCUT2D eigenvalue weighted by molar-refractivity contribution is 0.411. The molecule has 0 aliphatic rings. The lowest BCUT2D eigenvalue weighted by Gasteiger charge is -2.16. The van der Waals surface area contributed by atoms with Gasteiger partial charge in [-0.25, -0.2) is 4.98 Å². The minimum Gasteiger partial charge on any atom is -0.495 e. The monoisotopic (exact) mass is 469 g/mol. The summed E-state index contributed by atoms with van der Waals surface area (Å²) in [7, 11) is 5.20. The highest BCUT2D eigenvalue weighted by Gasteiger charge is 2.17. The van der Waals surface area contributed by atoms with Gasteiger partial charge in [-0.15, -0.1) is 0 Å². The zero-order valence-electron chi connectivity index (χ0n) is 17.6. The van der Waals surface area contributed by atoms with Gasteiger partial charge in [0.15, 0.2) is 5.16 Å². The third kappa shape index (κ3) is 4.32. The van der Waals surface area contributed by atoms with Crippen LogP contribution in [0.15, 0.2) is 52.4 Å². The summed E-state index contributed by atoms with van der Waals surface area (Å²) >= 11 is 7.45. The summed E-state index contributed by atoms with van der Waals surface area (Å²) in [6.45, 7) is 0. The molecule has 0 saturated heterocycles. The number of rotatable bonds is 6. The van der Waals surface area contributed by atoms with Gasteiger partial charge >= 0.3 is 0 Å². The van der Waals surface area contributed by atoms with Gasteiger partial charge < -0.3 is 15.4 Å². The van der Waals surface area contributed by atoms with E-state index >= 15 is 0 Å². The average Bonchev–Trinajstić information content (AvgIpc) is 2.77. The number of methoxy groups -OCH3 is 1. The van der Waals surface area contributed by atoms with Crippen LogP contribution >= 0.6 is 23.4 Å². The second kappa shape index (κ2) is 9.01. The number of nitrogen functional groups attached to an aromatic ring is 1. The van der Waals surface area contributed by atoms with E-state index in [4.69, 9.17) is 27.1 Å². The lowest BCUT2D eigenvalue weighted by atomic mass is 10.2. The Balaban J connectivity index is 1.85. The number of nitrogens with zero attached hydrogens (tertiary/aromatic N) is 6. The number of halogens is 1. The molecule has 0 amide bonds. The lowest BCUT2D eigenvalue weighted by Crippen LogP contribution is -2.22. The summed E-state index contributed by atoms with van der Waals surface area (Å²) in [5.74, 6) is 1.92. The van der Waals surface area contributed by atoms with Gasteiger partial charge in [0.1, 0.15) is 11.6 Å². The standard InChI is InChI=1S/C21H20ClN7O2S/c1-28(2)20-26-17(25-19(23)27-20)11-32-21-24-14-10-12(22)8-9-13(14)18(30)29(21)15-6-4-5-7-16(15)31-3/h4-10H,11H2,1-3H3,(H2,23,25,26,27). The van der Waals surface area contributed by atoms with Crippen LogP contribution in [-0.4, -0.2) is 45.7 Å². The minimum absolute atomic E-state index is 0.125. The molecule has 2 N–H and O–H groups in total. The third-order valence-corrected chi connectivity index (χ3v) is 5.71. The number of aromatic nitrogens is 5. The van der Waals surface area contributed by atoms with E-state index in [1.54, 1.807) is 42.3 Å². The Kier molecular flexibility index (Phi) is 6.15. The van der Waals surface area contributed by atoms with Crippen LogP contribution < -0.4 is 20.9 Å². The fraction of sp³-hybridized carbons (Fsp3) is 0.190. The molecule has 9 nitrogen and oxygen atoms in total. The number of hydrogen-bond donors (Lipinski definition) is 1. The predicted octanol–water partition coefficient (Wildman–Crippen LogP) is 3.17. The van der Waals surface area contributed by atoms with E-state index in [0.717, 1.165) is 0 Å². The molecule has 4 aromatic rings. The van der Waals surface area contributed by atoms with Crippen LogP contribution in [0.3, 0.4) is 0 Å². The molecule has 0 aliphatic heterocycles. The molecular formula is C21H20ClN7O2S. The summed E-state index contributed by atoms with van der Waals surface area (Å²) in [6.07, 6.45) is 0. The average molecular weight is 470 g/mol. The largest absolute Gasteiger partial charge is 0.495 e. The van der Waals surface area contributed by atoms with E-state index in [-0.39, 0.29) is 11.5 Å². The molecule has 164 valence electrons. The number of nitrogens with two attached hydrogens (primary N) is 1. The molecular weight excluding hydrogens is 450 g/mol. The second-order valence-corrected chi connectivity index (χ2v) is 8.34. The van der Waals surface area contributed by atoms with Crippen LogP contribution in [0, 0.1) is 0 Å². The fourth-order valence-corrected chi connectivity index (χ4v) is 4.11. The first-order chi connectivity index (χ1) is 15.4. The van der Waals surface area contributed by atoms with Crippen LogP contribution in [0.2, 0.25) is 5.02 Å². The molecule has 0 fully saturated rings. The van der Waals surface area contributed by atoms with Crippen molar-refractivity contribution in [2.45, 2.75) is 10.9 Å². The molecule has 32 heavy (non-hydrogen) atoms. The first kappa shape index (κ1) is 21.8. The van der Waals surface area contributed by atoms with E-state index in [9.17, 15) is 4.79 Å². The summed E-state index contributed by atoms with van der Waals surface area (Å²) in [4.78, 5) is 32.7. The Hall–Kier alpha value is -3.37. The van der Waals surface area contributed by atoms with Gasteiger partial charge in [0.25, 0.3) is 5.56 Å². The zero-order chi connectivity index (χ0) is 22.8. The molecule has 2 heterocycles. The van der Waals surface area contributed by atoms with Crippen LogP contribution in [0.1, 0.15) is 5.82 Å². The molecule has 0 bridgehead atoms. The third-order valence-electron chi connectivity index (χ3n) is 4.54. The highest BCUT2D eigenvalue weighted by atomic mass is 35.5. The number of ether oxygens (including phenoxy) is 1. The predicted molar refractivity (Wildman–Crippen MR) is 127 cm³/mol. The molecule has 2 aromatic carbocycles. The number of anilines is 2. The highest BCUT2D eigenvalue weighted by molar-refractivity contribution is 7.98. The van der Waals surface area contributed by atoms with Crippen molar-refractivity contribution in [1.29, 1.82) is 0 Å². The van der Waals surface area contributed by atoms with E-state index in [1.807, 2.05) is 26.2 Å². The van der Waals surface area contributed by atoms with Crippen molar-refractivity contribution in [2.75, 3.05) is 31.8 Å².